The maximum Gasteiger partial charge on any atom is 0.236 e. The summed E-state index contributed by atoms with van der Waals surface area (Å²) in [5.41, 5.74) is 5.64. The van der Waals surface area contributed by atoms with E-state index in [1.54, 1.807) is 0 Å². The Morgan fingerprint density at radius 3 is 2.65 bits per heavy atom. The number of nitrogens with two attached hydrogens (primary N) is 1. The summed E-state index contributed by atoms with van der Waals surface area (Å²) in [6, 6.07) is 0.522. The minimum absolute atomic E-state index is 0.263. The number of carbonyl (C=O) groups excluding carboxylic acids is 1. The fraction of sp³-hybridized carbons (Fsp3) is 0.923. The van der Waals surface area contributed by atoms with Gasteiger partial charge in [-0.1, -0.05) is 6.42 Å². The first kappa shape index (κ1) is 14.5. The van der Waals surface area contributed by atoms with Crippen molar-refractivity contribution in [2.45, 2.75) is 45.6 Å². The summed E-state index contributed by atoms with van der Waals surface area (Å²) in [6.45, 7) is 8.05. The first-order valence-corrected chi connectivity index (χ1v) is 6.94. The Hall–Kier alpha value is -0.610. The molecule has 0 spiro atoms. The van der Waals surface area contributed by atoms with E-state index in [-0.39, 0.29) is 5.91 Å². The zero-order valence-electron chi connectivity index (χ0n) is 11.3. The van der Waals surface area contributed by atoms with Crippen LogP contribution in [-0.2, 0) is 4.79 Å². The van der Waals surface area contributed by atoms with Crippen LogP contribution in [0.3, 0.4) is 0 Å². The third-order valence-electron chi connectivity index (χ3n) is 3.70. The Balaban J connectivity index is 2.49. The van der Waals surface area contributed by atoms with Crippen molar-refractivity contribution in [3.8, 4) is 0 Å². The van der Waals surface area contributed by atoms with Gasteiger partial charge in [-0.05, 0) is 46.2 Å². The smallest absolute Gasteiger partial charge is 0.236 e. The molecule has 0 aliphatic carbocycles. The van der Waals surface area contributed by atoms with Crippen molar-refractivity contribution in [1.82, 2.24) is 9.80 Å². The van der Waals surface area contributed by atoms with Gasteiger partial charge >= 0.3 is 0 Å². The SMILES string of the molecule is CCN(CC)C(=O)CN1CCCCC1CCN. The Morgan fingerprint density at radius 1 is 1.35 bits per heavy atom. The molecule has 1 unspecified atom stereocenters. The number of likely N-dealkylation sites (N-methyl/N-ethyl adjacent to an activating group) is 1. The van der Waals surface area contributed by atoms with Gasteiger partial charge in [-0.3, -0.25) is 9.69 Å². The number of likely N-dealkylation sites (tertiary alicyclic amines) is 1. The summed E-state index contributed by atoms with van der Waals surface area (Å²) in [4.78, 5) is 16.3. The molecule has 17 heavy (non-hydrogen) atoms. The van der Waals surface area contributed by atoms with Gasteiger partial charge in [-0.25, -0.2) is 0 Å². The van der Waals surface area contributed by atoms with Crippen molar-refractivity contribution in [2.24, 2.45) is 5.73 Å². The van der Waals surface area contributed by atoms with Crippen LogP contribution in [0.4, 0.5) is 0 Å². The van der Waals surface area contributed by atoms with Crippen molar-refractivity contribution in [3.05, 3.63) is 0 Å². The number of amides is 1. The highest BCUT2D eigenvalue weighted by Gasteiger charge is 2.24. The molecule has 100 valence electrons. The number of carbonyl (C=O) groups is 1. The quantitative estimate of drug-likeness (QED) is 0.756. The fourth-order valence-electron chi connectivity index (χ4n) is 2.64. The van der Waals surface area contributed by atoms with E-state index in [1.807, 2.05) is 18.7 Å². The molecule has 0 bridgehead atoms. The molecule has 0 saturated carbocycles. The monoisotopic (exact) mass is 241 g/mol. The van der Waals surface area contributed by atoms with E-state index in [9.17, 15) is 4.79 Å². The van der Waals surface area contributed by atoms with E-state index in [0.29, 0.717) is 12.6 Å². The van der Waals surface area contributed by atoms with Crippen molar-refractivity contribution in [2.75, 3.05) is 32.7 Å². The zero-order chi connectivity index (χ0) is 12.7. The second-order valence-corrected chi connectivity index (χ2v) is 4.76. The molecule has 1 saturated heterocycles. The average Bonchev–Trinajstić information content (AvgIpc) is 2.33. The van der Waals surface area contributed by atoms with E-state index in [4.69, 9.17) is 5.73 Å². The van der Waals surface area contributed by atoms with Crippen LogP contribution >= 0.6 is 0 Å². The van der Waals surface area contributed by atoms with Crippen LogP contribution in [0.15, 0.2) is 0 Å². The molecular weight excluding hydrogens is 214 g/mol. The van der Waals surface area contributed by atoms with Crippen molar-refractivity contribution >= 4 is 5.91 Å². The van der Waals surface area contributed by atoms with Gasteiger partial charge in [0.1, 0.15) is 0 Å². The van der Waals surface area contributed by atoms with E-state index < -0.39 is 0 Å². The Labute approximate surface area is 105 Å². The van der Waals surface area contributed by atoms with E-state index in [1.165, 1.54) is 19.3 Å². The molecule has 4 heteroatoms. The first-order valence-electron chi connectivity index (χ1n) is 6.94. The minimum atomic E-state index is 0.263. The molecule has 1 amide bonds. The lowest BCUT2D eigenvalue weighted by molar-refractivity contribution is -0.133. The van der Waals surface area contributed by atoms with Crippen molar-refractivity contribution in [3.63, 3.8) is 0 Å². The highest BCUT2D eigenvalue weighted by atomic mass is 16.2. The third-order valence-corrected chi connectivity index (χ3v) is 3.70. The standard InChI is InChI=1S/C13H27N3O/c1-3-15(4-2)13(17)11-16-10-6-5-7-12(16)8-9-14/h12H,3-11,14H2,1-2H3. The van der Waals surface area contributed by atoms with Crippen LogP contribution in [-0.4, -0.2) is 54.5 Å². The van der Waals surface area contributed by atoms with Gasteiger partial charge in [0.05, 0.1) is 6.54 Å². The van der Waals surface area contributed by atoms with Crippen LogP contribution in [0, 0.1) is 0 Å². The molecule has 1 heterocycles. The molecule has 0 aromatic heterocycles. The Morgan fingerprint density at radius 2 is 2.06 bits per heavy atom. The molecule has 4 nitrogen and oxygen atoms in total. The Kier molecular flexibility index (Phi) is 6.52. The predicted molar refractivity (Wildman–Crippen MR) is 70.8 cm³/mol. The molecule has 1 fully saturated rings. The van der Waals surface area contributed by atoms with Crippen LogP contribution in [0.2, 0.25) is 0 Å². The Bertz CT molecular complexity index is 227. The third kappa shape index (κ3) is 4.28. The van der Waals surface area contributed by atoms with E-state index >= 15 is 0 Å². The molecule has 0 radical (unpaired) electrons. The van der Waals surface area contributed by atoms with Crippen LogP contribution in [0.5, 0.6) is 0 Å². The molecule has 1 rings (SSSR count). The lowest BCUT2D eigenvalue weighted by Gasteiger charge is -2.36. The molecule has 0 aromatic carbocycles. The number of hydrogen-bond acceptors (Lipinski definition) is 3. The molecule has 2 N–H and O–H groups in total. The van der Waals surface area contributed by atoms with Crippen LogP contribution in [0.1, 0.15) is 39.5 Å². The van der Waals surface area contributed by atoms with Crippen LogP contribution < -0.4 is 5.73 Å². The highest BCUT2D eigenvalue weighted by molar-refractivity contribution is 5.78. The number of hydrogen-bond donors (Lipinski definition) is 1. The normalized spacial score (nSPS) is 21.5. The maximum absolute atomic E-state index is 12.1. The molecular formula is C13H27N3O. The fourth-order valence-corrected chi connectivity index (χ4v) is 2.64. The van der Waals surface area contributed by atoms with E-state index in [2.05, 4.69) is 4.90 Å². The molecule has 0 aromatic rings. The number of nitrogens with zero attached hydrogens (tertiary/aromatic N) is 2. The van der Waals surface area contributed by atoms with Crippen LogP contribution in [0.25, 0.3) is 0 Å². The van der Waals surface area contributed by atoms with Gasteiger partial charge in [0.2, 0.25) is 5.91 Å². The summed E-state index contributed by atoms with van der Waals surface area (Å²) in [5.74, 6) is 0.263. The van der Waals surface area contributed by atoms with Crippen molar-refractivity contribution in [1.29, 1.82) is 0 Å². The van der Waals surface area contributed by atoms with Crippen molar-refractivity contribution < 1.29 is 4.79 Å². The average molecular weight is 241 g/mol. The number of rotatable bonds is 6. The maximum atomic E-state index is 12.1. The van der Waals surface area contributed by atoms with Gasteiger partial charge in [0.25, 0.3) is 0 Å². The lowest BCUT2D eigenvalue weighted by atomic mass is 9.99. The molecule has 1 aliphatic heterocycles. The predicted octanol–water partition coefficient (Wildman–Crippen LogP) is 1.06. The second kappa shape index (κ2) is 7.67. The molecule has 1 aliphatic rings. The highest BCUT2D eigenvalue weighted by Crippen LogP contribution is 2.19. The van der Waals surface area contributed by atoms with E-state index in [0.717, 1.165) is 32.6 Å². The summed E-state index contributed by atoms with van der Waals surface area (Å²) in [6.07, 6.45) is 4.71. The number of piperidine rings is 1. The van der Waals surface area contributed by atoms with Gasteiger partial charge in [0.15, 0.2) is 0 Å². The minimum Gasteiger partial charge on any atom is -0.342 e. The lowest BCUT2D eigenvalue weighted by Crippen LogP contribution is -2.47. The second-order valence-electron chi connectivity index (χ2n) is 4.76. The summed E-state index contributed by atoms with van der Waals surface area (Å²) in [7, 11) is 0. The summed E-state index contributed by atoms with van der Waals surface area (Å²) >= 11 is 0. The summed E-state index contributed by atoms with van der Waals surface area (Å²) < 4.78 is 0. The van der Waals surface area contributed by atoms with Gasteiger partial charge in [-0.2, -0.15) is 0 Å². The van der Waals surface area contributed by atoms with Gasteiger partial charge < -0.3 is 10.6 Å². The topological polar surface area (TPSA) is 49.6 Å². The largest absolute Gasteiger partial charge is 0.342 e. The first-order chi connectivity index (χ1) is 8.22. The van der Waals surface area contributed by atoms with Gasteiger partial charge in [0, 0.05) is 19.1 Å². The molecule has 1 atom stereocenters. The van der Waals surface area contributed by atoms with Gasteiger partial charge in [-0.15, -0.1) is 0 Å². The zero-order valence-corrected chi connectivity index (χ0v) is 11.3. The summed E-state index contributed by atoms with van der Waals surface area (Å²) in [5, 5.41) is 0.